The monoisotopic (exact) mass is 226 g/mol. The second-order valence-electron chi connectivity index (χ2n) is 3.09. The molecule has 6 heteroatoms. The van der Waals surface area contributed by atoms with E-state index in [4.69, 9.17) is 16.2 Å². The number of amides is 1. The van der Waals surface area contributed by atoms with Gasteiger partial charge in [0.15, 0.2) is 0 Å². The zero-order valence-electron chi connectivity index (χ0n) is 8.40. The summed E-state index contributed by atoms with van der Waals surface area (Å²) in [7, 11) is 0. The highest BCUT2D eigenvalue weighted by atomic mass is 19.1. The molecule has 0 aliphatic heterocycles. The molecular weight excluding hydrogens is 215 g/mol. The van der Waals surface area contributed by atoms with Crippen LogP contribution in [0.1, 0.15) is 16.8 Å². The number of esters is 1. The Balaban J connectivity index is 2.59. The van der Waals surface area contributed by atoms with Crippen molar-refractivity contribution in [3.8, 4) is 0 Å². The number of anilines is 1. The smallest absolute Gasteiger partial charge is 0.338 e. The maximum atomic E-state index is 12.8. The summed E-state index contributed by atoms with van der Waals surface area (Å²) in [6.07, 6.45) is -0.0532. The predicted octanol–water partition coefficient (Wildman–Crippen LogP) is 0.440. The molecule has 1 aromatic carbocycles. The Hall–Kier alpha value is -2.11. The molecule has 1 amide bonds. The molecule has 0 aromatic heterocycles. The highest BCUT2D eigenvalue weighted by Gasteiger charge is 2.09. The van der Waals surface area contributed by atoms with Crippen LogP contribution in [0.15, 0.2) is 18.2 Å². The van der Waals surface area contributed by atoms with Gasteiger partial charge in [-0.25, -0.2) is 9.18 Å². The van der Waals surface area contributed by atoms with Crippen LogP contribution in [0.4, 0.5) is 10.1 Å². The van der Waals surface area contributed by atoms with Crippen LogP contribution in [0.2, 0.25) is 0 Å². The van der Waals surface area contributed by atoms with E-state index >= 15 is 0 Å². The Morgan fingerprint density at radius 3 is 2.62 bits per heavy atom. The molecule has 86 valence electrons. The van der Waals surface area contributed by atoms with Crippen molar-refractivity contribution >= 4 is 17.6 Å². The number of rotatable bonds is 4. The van der Waals surface area contributed by atoms with Gasteiger partial charge in [-0.15, -0.1) is 0 Å². The Bertz CT molecular complexity index is 421. The summed E-state index contributed by atoms with van der Waals surface area (Å²) >= 11 is 0. The fourth-order valence-electron chi connectivity index (χ4n) is 0.998. The van der Waals surface area contributed by atoms with E-state index < -0.39 is 17.7 Å². The number of hydrogen-bond donors (Lipinski definition) is 2. The lowest BCUT2D eigenvalue weighted by atomic mass is 10.2. The molecule has 0 aliphatic rings. The van der Waals surface area contributed by atoms with E-state index in [9.17, 15) is 14.0 Å². The maximum Gasteiger partial charge on any atom is 0.338 e. The van der Waals surface area contributed by atoms with Gasteiger partial charge in [-0.05, 0) is 18.2 Å². The molecule has 0 bridgehead atoms. The second kappa shape index (κ2) is 5.11. The van der Waals surface area contributed by atoms with Crippen molar-refractivity contribution in [2.24, 2.45) is 5.73 Å². The summed E-state index contributed by atoms with van der Waals surface area (Å²) < 4.78 is 17.5. The molecule has 0 unspecified atom stereocenters. The van der Waals surface area contributed by atoms with Gasteiger partial charge in [-0.1, -0.05) is 0 Å². The van der Waals surface area contributed by atoms with E-state index in [0.717, 1.165) is 6.07 Å². The third-order valence-corrected chi connectivity index (χ3v) is 1.81. The van der Waals surface area contributed by atoms with Gasteiger partial charge in [-0.3, -0.25) is 4.79 Å². The van der Waals surface area contributed by atoms with E-state index in [1.165, 1.54) is 12.1 Å². The first-order chi connectivity index (χ1) is 7.50. The first kappa shape index (κ1) is 12.0. The van der Waals surface area contributed by atoms with E-state index in [2.05, 4.69) is 0 Å². The standard InChI is InChI=1S/C10H11FN2O3/c11-7-2-1-6(5-8(7)12)10(15)16-4-3-9(13)14/h1-2,5H,3-4,12H2,(H2,13,14). The molecule has 0 saturated carbocycles. The van der Waals surface area contributed by atoms with Gasteiger partial charge in [-0.2, -0.15) is 0 Å². The topological polar surface area (TPSA) is 95.4 Å². The van der Waals surface area contributed by atoms with Crippen molar-refractivity contribution in [1.82, 2.24) is 0 Å². The number of nitrogen functional groups attached to an aromatic ring is 1. The van der Waals surface area contributed by atoms with Crippen LogP contribution < -0.4 is 11.5 Å². The first-order valence-corrected chi connectivity index (χ1v) is 4.51. The van der Waals surface area contributed by atoms with Gasteiger partial charge >= 0.3 is 5.97 Å². The summed E-state index contributed by atoms with van der Waals surface area (Å²) in [5, 5.41) is 0. The van der Waals surface area contributed by atoms with Crippen LogP contribution in [0.5, 0.6) is 0 Å². The average Bonchev–Trinajstić information content (AvgIpc) is 2.21. The molecule has 0 heterocycles. The molecule has 0 aliphatic carbocycles. The van der Waals surface area contributed by atoms with Crippen LogP contribution in [-0.4, -0.2) is 18.5 Å². The minimum absolute atomic E-state index is 0.0532. The zero-order valence-corrected chi connectivity index (χ0v) is 8.40. The van der Waals surface area contributed by atoms with Gasteiger partial charge < -0.3 is 16.2 Å². The van der Waals surface area contributed by atoms with Crippen molar-refractivity contribution < 1.29 is 18.7 Å². The number of primary amides is 1. The molecule has 1 aromatic rings. The lowest BCUT2D eigenvalue weighted by molar-refractivity contribution is -0.118. The zero-order chi connectivity index (χ0) is 12.1. The normalized spacial score (nSPS) is 9.81. The largest absolute Gasteiger partial charge is 0.462 e. The van der Waals surface area contributed by atoms with Crippen molar-refractivity contribution in [1.29, 1.82) is 0 Å². The summed E-state index contributed by atoms with van der Waals surface area (Å²) in [6, 6.07) is 3.49. The van der Waals surface area contributed by atoms with Crippen molar-refractivity contribution in [3.63, 3.8) is 0 Å². The maximum absolute atomic E-state index is 12.8. The first-order valence-electron chi connectivity index (χ1n) is 4.51. The number of hydrogen-bond acceptors (Lipinski definition) is 4. The van der Waals surface area contributed by atoms with Gasteiger partial charge in [0.2, 0.25) is 5.91 Å². The van der Waals surface area contributed by atoms with Crippen LogP contribution in [0.3, 0.4) is 0 Å². The van der Waals surface area contributed by atoms with Crippen molar-refractivity contribution in [2.75, 3.05) is 12.3 Å². The van der Waals surface area contributed by atoms with Gasteiger partial charge in [0.25, 0.3) is 0 Å². The predicted molar refractivity (Wildman–Crippen MR) is 54.9 cm³/mol. The van der Waals surface area contributed by atoms with Gasteiger partial charge in [0.05, 0.1) is 17.7 Å². The molecule has 0 radical (unpaired) electrons. The Labute approximate surface area is 91.2 Å². The van der Waals surface area contributed by atoms with Crippen molar-refractivity contribution in [2.45, 2.75) is 6.42 Å². The average molecular weight is 226 g/mol. The minimum atomic E-state index is -0.673. The molecule has 16 heavy (non-hydrogen) atoms. The Kier molecular flexibility index (Phi) is 3.82. The number of ether oxygens (including phenoxy) is 1. The quantitative estimate of drug-likeness (QED) is 0.575. The second-order valence-corrected chi connectivity index (χ2v) is 3.09. The molecule has 0 atom stereocenters. The summed E-state index contributed by atoms with van der Waals surface area (Å²) in [5.41, 5.74) is 10.1. The third kappa shape index (κ3) is 3.23. The number of halogens is 1. The van der Waals surface area contributed by atoms with Crippen LogP contribution in [0, 0.1) is 5.82 Å². The molecule has 1 rings (SSSR count). The molecular formula is C10H11FN2O3. The number of benzene rings is 1. The lowest BCUT2D eigenvalue weighted by Crippen LogP contribution is -2.15. The fraction of sp³-hybridized carbons (Fsp3) is 0.200. The van der Waals surface area contributed by atoms with Crippen molar-refractivity contribution in [3.05, 3.63) is 29.6 Å². The van der Waals surface area contributed by atoms with Gasteiger partial charge in [0, 0.05) is 0 Å². The third-order valence-electron chi connectivity index (χ3n) is 1.81. The highest BCUT2D eigenvalue weighted by molar-refractivity contribution is 5.90. The Morgan fingerprint density at radius 1 is 1.38 bits per heavy atom. The van der Waals surface area contributed by atoms with Crippen LogP contribution in [-0.2, 0) is 9.53 Å². The minimum Gasteiger partial charge on any atom is -0.462 e. The van der Waals surface area contributed by atoms with E-state index in [0.29, 0.717) is 0 Å². The number of carbonyl (C=O) groups is 2. The summed E-state index contributed by atoms with van der Waals surface area (Å²) in [5.74, 6) is -1.84. The Morgan fingerprint density at radius 2 is 2.06 bits per heavy atom. The van der Waals surface area contributed by atoms with Crippen LogP contribution >= 0.6 is 0 Å². The lowest BCUT2D eigenvalue weighted by Gasteiger charge is -2.04. The van der Waals surface area contributed by atoms with E-state index in [-0.39, 0.29) is 24.3 Å². The fourth-order valence-corrected chi connectivity index (χ4v) is 0.998. The summed E-state index contributed by atoms with van der Waals surface area (Å²) in [6.45, 7) is -0.106. The molecule has 4 N–H and O–H groups in total. The molecule has 0 saturated heterocycles. The highest BCUT2D eigenvalue weighted by Crippen LogP contribution is 2.13. The van der Waals surface area contributed by atoms with E-state index in [1.54, 1.807) is 0 Å². The molecule has 0 spiro atoms. The van der Waals surface area contributed by atoms with E-state index in [1.807, 2.05) is 0 Å². The number of nitrogens with two attached hydrogens (primary N) is 2. The number of carbonyl (C=O) groups excluding carboxylic acids is 2. The summed E-state index contributed by atoms with van der Waals surface area (Å²) in [4.78, 5) is 21.7. The van der Waals surface area contributed by atoms with Crippen LogP contribution in [0.25, 0.3) is 0 Å². The van der Waals surface area contributed by atoms with Gasteiger partial charge in [0.1, 0.15) is 12.4 Å². The molecule has 0 fully saturated rings. The molecule has 5 nitrogen and oxygen atoms in total. The SMILES string of the molecule is NC(=O)CCOC(=O)c1ccc(F)c(N)c1.